The van der Waals surface area contributed by atoms with E-state index < -0.39 is 5.60 Å². The molecule has 9 atom stereocenters. The molecule has 2 unspecified atom stereocenters. The van der Waals surface area contributed by atoms with Crippen LogP contribution in [0.2, 0.25) is 0 Å². The summed E-state index contributed by atoms with van der Waals surface area (Å²) in [6, 6.07) is 7.71. The lowest BCUT2D eigenvalue weighted by atomic mass is 9.44. The number of benzene rings is 1. The third-order valence-corrected chi connectivity index (χ3v) is 11.1. The summed E-state index contributed by atoms with van der Waals surface area (Å²) in [5.41, 5.74) is 1.63. The van der Waals surface area contributed by atoms with E-state index >= 15 is 0 Å². The van der Waals surface area contributed by atoms with Crippen LogP contribution in [0, 0.1) is 41.4 Å². The average Bonchev–Trinajstić information content (AvgIpc) is 3.52. The summed E-state index contributed by atoms with van der Waals surface area (Å²) in [5.74, 6) is 2.77. The van der Waals surface area contributed by atoms with E-state index in [1.54, 1.807) is 6.92 Å². The summed E-state index contributed by atoms with van der Waals surface area (Å²) in [7, 11) is 0. The minimum atomic E-state index is -0.470. The van der Waals surface area contributed by atoms with Gasteiger partial charge < -0.3 is 9.47 Å². The lowest BCUT2D eigenvalue weighted by Crippen LogP contribution is -2.56. The lowest BCUT2D eigenvalue weighted by molar-refractivity contribution is -0.151. The maximum absolute atomic E-state index is 12.8. The highest BCUT2D eigenvalue weighted by molar-refractivity contribution is 5.90. The van der Waals surface area contributed by atoms with Gasteiger partial charge in [0.1, 0.15) is 6.10 Å². The van der Waals surface area contributed by atoms with Crippen molar-refractivity contribution in [2.75, 3.05) is 0 Å². The number of hydrogen-bond donors (Lipinski definition) is 0. The second kappa shape index (κ2) is 8.71. The van der Waals surface area contributed by atoms with Crippen molar-refractivity contribution in [1.29, 1.82) is 0 Å². The van der Waals surface area contributed by atoms with Crippen LogP contribution in [0.5, 0.6) is 0 Å². The molecule has 5 fully saturated rings. The molecule has 0 amide bonds. The fourth-order valence-electron chi connectivity index (χ4n) is 9.38. The smallest absolute Gasteiger partial charge is 0.338 e. The van der Waals surface area contributed by atoms with Gasteiger partial charge in [0.05, 0.1) is 11.7 Å². The first-order valence-electron chi connectivity index (χ1n) is 14.2. The summed E-state index contributed by atoms with van der Waals surface area (Å²) in [6.45, 7) is 12.6. The molecule has 0 N–H and O–H groups in total. The van der Waals surface area contributed by atoms with Gasteiger partial charge in [-0.25, -0.2) is 4.79 Å². The van der Waals surface area contributed by atoms with Crippen molar-refractivity contribution in [3.63, 3.8) is 0 Å². The molecule has 35 heavy (non-hydrogen) atoms. The first-order valence-corrected chi connectivity index (χ1v) is 14.2. The number of aryl methyl sites for hydroxylation is 1. The van der Waals surface area contributed by atoms with Crippen LogP contribution >= 0.6 is 0 Å². The van der Waals surface area contributed by atoms with Gasteiger partial charge in [-0.3, -0.25) is 4.79 Å². The summed E-state index contributed by atoms with van der Waals surface area (Å²) >= 11 is 0. The molecular weight excluding hydrogens is 436 g/mol. The van der Waals surface area contributed by atoms with Crippen LogP contribution < -0.4 is 0 Å². The van der Waals surface area contributed by atoms with Gasteiger partial charge in [-0.1, -0.05) is 45.4 Å². The molecule has 6 rings (SSSR count). The number of ketones is 1. The number of Topliss-reactive ketones (excluding diaryl/α,β-unsaturated/α-hetero) is 1. The van der Waals surface area contributed by atoms with E-state index in [9.17, 15) is 9.59 Å². The molecule has 192 valence electrons. The van der Waals surface area contributed by atoms with E-state index in [1.807, 2.05) is 45.0 Å². The van der Waals surface area contributed by atoms with Crippen LogP contribution in [-0.4, -0.2) is 29.6 Å². The monoisotopic (exact) mass is 480 g/mol. The topological polar surface area (TPSA) is 55.9 Å². The van der Waals surface area contributed by atoms with Crippen molar-refractivity contribution in [3.8, 4) is 0 Å². The lowest BCUT2D eigenvalue weighted by Gasteiger charge is -2.61. The number of hydrogen-bond acceptors (Lipinski definition) is 4. The molecule has 0 radical (unpaired) electrons. The van der Waals surface area contributed by atoms with Crippen molar-refractivity contribution in [2.24, 2.45) is 34.5 Å². The number of ether oxygens (including phenoxy) is 2. The molecule has 0 spiro atoms. The third-order valence-electron chi connectivity index (χ3n) is 11.1. The molecule has 0 aromatic heterocycles. The Morgan fingerprint density at radius 1 is 1.00 bits per heavy atom. The van der Waals surface area contributed by atoms with Gasteiger partial charge in [-0.05, 0) is 106 Å². The Kier molecular flexibility index (Phi) is 6.22. The molecule has 4 saturated carbocycles. The Bertz CT molecular complexity index is 1000. The van der Waals surface area contributed by atoms with Gasteiger partial charge in [0.15, 0.2) is 11.4 Å². The molecule has 4 heteroatoms. The summed E-state index contributed by atoms with van der Waals surface area (Å²) < 4.78 is 12.1. The summed E-state index contributed by atoms with van der Waals surface area (Å²) in [6.07, 6.45) is 9.21. The van der Waals surface area contributed by atoms with Gasteiger partial charge >= 0.3 is 5.97 Å². The van der Waals surface area contributed by atoms with Crippen molar-refractivity contribution in [2.45, 2.75) is 111 Å². The van der Waals surface area contributed by atoms with Crippen LogP contribution in [0.3, 0.4) is 0 Å². The van der Waals surface area contributed by atoms with Gasteiger partial charge in [-0.2, -0.15) is 0 Å². The van der Waals surface area contributed by atoms with Crippen molar-refractivity contribution >= 4 is 11.8 Å². The van der Waals surface area contributed by atoms with Crippen molar-refractivity contribution < 1.29 is 19.1 Å². The molecule has 1 heterocycles. The second-order valence-electron chi connectivity index (χ2n) is 12.4. The van der Waals surface area contributed by atoms with E-state index in [0.717, 1.165) is 43.6 Å². The molecule has 1 saturated heterocycles. The maximum atomic E-state index is 12.8. The zero-order valence-electron chi connectivity index (χ0n) is 22.6. The van der Waals surface area contributed by atoms with Gasteiger partial charge in [0.2, 0.25) is 0 Å². The summed E-state index contributed by atoms with van der Waals surface area (Å²) in [5, 5.41) is 0. The second-order valence-corrected chi connectivity index (χ2v) is 12.4. The number of epoxide rings is 1. The highest BCUT2D eigenvalue weighted by Crippen LogP contribution is 2.73. The molecule has 1 aromatic rings. The van der Waals surface area contributed by atoms with E-state index in [1.165, 1.54) is 19.3 Å². The van der Waals surface area contributed by atoms with Crippen LogP contribution in [0.25, 0.3) is 0 Å². The van der Waals surface area contributed by atoms with E-state index in [4.69, 9.17) is 9.47 Å². The Balaban J connectivity index is 0.00000124. The highest BCUT2D eigenvalue weighted by atomic mass is 16.6. The highest BCUT2D eigenvalue weighted by Gasteiger charge is 2.79. The first-order chi connectivity index (χ1) is 16.7. The van der Waals surface area contributed by atoms with E-state index in [-0.39, 0.29) is 29.4 Å². The minimum absolute atomic E-state index is 0.0222. The van der Waals surface area contributed by atoms with Crippen LogP contribution in [0.4, 0.5) is 0 Å². The number of fused-ring (bicyclic) bond motifs is 7. The summed E-state index contributed by atoms with van der Waals surface area (Å²) in [4.78, 5) is 25.4. The molecule has 4 nitrogen and oxygen atoms in total. The maximum Gasteiger partial charge on any atom is 0.338 e. The molecule has 0 bridgehead atoms. The average molecular weight is 481 g/mol. The number of esters is 1. The SMILES string of the molecule is CC.CC(=O)[C@@]12OC1C[C@H]1[C@@H]3CC[C@H]4CC(OC(=O)c5cccc(C)c5)CC[C@]4(C)[C@H]3CC[C@@]12C. The largest absolute Gasteiger partial charge is 0.459 e. The van der Waals surface area contributed by atoms with Crippen LogP contribution in [0.15, 0.2) is 24.3 Å². The Labute approximate surface area is 211 Å². The first kappa shape index (κ1) is 25.0. The van der Waals surface area contributed by atoms with E-state index in [2.05, 4.69) is 13.8 Å². The van der Waals surface area contributed by atoms with Gasteiger partial charge in [0, 0.05) is 5.41 Å². The van der Waals surface area contributed by atoms with Crippen molar-refractivity contribution in [3.05, 3.63) is 35.4 Å². The Morgan fingerprint density at radius 3 is 2.49 bits per heavy atom. The molecule has 1 aliphatic heterocycles. The molecule has 4 aliphatic carbocycles. The normalized spacial score (nSPS) is 45.0. The predicted molar refractivity (Wildman–Crippen MR) is 137 cm³/mol. The van der Waals surface area contributed by atoms with Crippen LogP contribution in [0.1, 0.15) is 102 Å². The Hall–Kier alpha value is -1.68. The Morgan fingerprint density at radius 2 is 1.77 bits per heavy atom. The van der Waals surface area contributed by atoms with Crippen LogP contribution in [-0.2, 0) is 14.3 Å². The number of rotatable bonds is 3. The molecular formula is C31H44O4. The molecule has 1 aromatic carbocycles. The zero-order chi connectivity index (χ0) is 25.2. The predicted octanol–water partition coefficient (Wildman–Crippen LogP) is 6.93. The van der Waals surface area contributed by atoms with Gasteiger partial charge in [0.25, 0.3) is 0 Å². The standard InChI is InChI=1S/C29H38O4.C2H6/c1-17-6-5-7-19(14-17)26(31)32-21-10-12-27(3)20(15-21)8-9-22-23(27)11-13-28(4)24(22)16-25-29(28,33-25)18(2)30;1-2/h5-7,14,20-25H,8-13,15-16H2,1-4H3;1-2H3/t20-,21?,22+,23-,24-,25?,27-,28-,29+;/m0./s1. The molecule has 5 aliphatic rings. The fraction of sp³-hybridized carbons (Fsp3) is 0.742. The number of carbonyl (C=O) groups excluding carboxylic acids is 2. The quantitative estimate of drug-likeness (QED) is 0.348. The van der Waals surface area contributed by atoms with E-state index in [0.29, 0.717) is 28.7 Å². The third kappa shape index (κ3) is 3.56. The minimum Gasteiger partial charge on any atom is -0.459 e. The van der Waals surface area contributed by atoms with Gasteiger partial charge in [-0.15, -0.1) is 0 Å². The zero-order valence-corrected chi connectivity index (χ0v) is 22.6. The van der Waals surface area contributed by atoms with Crippen molar-refractivity contribution in [1.82, 2.24) is 0 Å². The fourth-order valence-corrected chi connectivity index (χ4v) is 9.38. The number of carbonyl (C=O) groups is 2.